The van der Waals surface area contributed by atoms with Crippen LogP contribution in [0.3, 0.4) is 0 Å². The smallest absolute Gasteiger partial charge is 0.315 e. The summed E-state index contributed by atoms with van der Waals surface area (Å²) in [5, 5.41) is 0. The fraction of sp³-hybridized carbons (Fsp3) is 0.481. The van der Waals surface area contributed by atoms with E-state index in [4.69, 9.17) is 9.47 Å². The molecule has 0 aliphatic carbocycles. The van der Waals surface area contributed by atoms with E-state index in [2.05, 4.69) is 16.9 Å². The second-order valence-electron chi connectivity index (χ2n) is 8.13. The number of benzene rings is 1. The Hall–Kier alpha value is -3.02. The van der Waals surface area contributed by atoms with Crippen molar-refractivity contribution in [2.45, 2.75) is 84.7 Å². The van der Waals surface area contributed by atoms with E-state index in [9.17, 15) is 9.59 Å². The van der Waals surface area contributed by atoms with Crippen molar-refractivity contribution in [3.8, 4) is 17.1 Å². The van der Waals surface area contributed by atoms with Gasteiger partial charge >= 0.3 is 11.9 Å². The lowest BCUT2D eigenvalue weighted by Crippen LogP contribution is -2.14. The first-order valence-corrected chi connectivity index (χ1v) is 12.0. The average Bonchev–Trinajstić information content (AvgIpc) is 2.83. The number of aromatic nitrogens is 2. The maximum Gasteiger partial charge on any atom is 0.315 e. The topological polar surface area (TPSA) is 78.4 Å². The van der Waals surface area contributed by atoms with E-state index in [-0.39, 0.29) is 24.5 Å². The number of esters is 2. The van der Waals surface area contributed by atoms with Gasteiger partial charge in [-0.2, -0.15) is 0 Å². The molecule has 6 nitrogen and oxygen atoms in total. The highest BCUT2D eigenvalue weighted by Crippen LogP contribution is 2.19. The highest BCUT2D eigenvalue weighted by molar-refractivity contribution is 5.73. The molecule has 2 rings (SSSR count). The zero-order chi connectivity index (χ0) is 23.9. The minimum atomic E-state index is -0.320. The van der Waals surface area contributed by atoms with E-state index < -0.39 is 0 Å². The molecule has 0 saturated carbocycles. The average molecular weight is 453 g/mol. The molecule has 0 radical (unpaired) electrons. The molecular weight excluding hydrogens is 416 g/mol. The molecule has 6 heteroatoms. The molecule has 2 aromatic rings. The summed E-state index contributed by atoms with van der Waals surface area (Å²) in [6.45, 7) is 5.90. The van der Waals surface area contributed by atoms with Gasteiger partial charge in [-0.3, -0.25) is 9.59 Å². The van der Waals surface area contributed by atoms with Gasteiger partial charge in [-0.25, -0.2) is 9.97 Å². The molecule has 0 fully saturated rings. The number of rotatable bonds is 14. The molecule has 1 aromatic heterocycles. The molecule has 0 saturated heterocycles. The number of aryl methyl sites for hydroxylation is 1. The van der Waals surface area contributed by atoms with E-state index >= 15 is 0 Å². The first-order valence-electron chi connectivity index (χ1n) is 12.0. The van der Waals surface area contributed by atoms with Gasteiger partial charge < -0.3 is 9.47 Å². The number of ether oxygens (including phenoxy) is 2. The Morgan fingerprint density at radius 1 is 0.970 bits per heavy atom. The van der Waals surface area contributed by atoms with Crippen molar-refractivity contribution in [1.29, 1.82) is 0 Å². The highest BCUT2D eigenvalue weighted by atomic mass is 16.5. The van der Waals surface area contributed by atoms with Crippen molar-refractivity contribution in [2.24, 2.45) is 0 Å². The second kappa shape index (κ2) is 14.9. The number of nitrogens with zero attached hydrogens (tertiary/aromatic N) is 2. The molecule has 1 aromatic carbocycles. The molecular formula is C27H36N2O4. The summed E-state index contributed by atoms with van der Waals surface area (Å²) < 4.78 is 10.6. The molecule has 1 unspecified atom stereocenters. The Morgan fingerprint density at radius 3 is 2.36 bits per heavy atom. The zero-order valence-corrected chi connectivity index (χ0v) is 20.1. The maximum atomic E-state index is 12.0. The van der Waals surface area contributed by atoms with Gasteiger partial charge in [0.1, 0.15) is 0 Å². The maximum absolute atomic E-state index is 12.0. The van der Waals surface area contributed by atoms with Crippen LogP contribution in [0.1, 0.15) is 77.7 Å². The molecule has 0 bridgehead atoms. The monoisotopic (exact) mass is 452 g/mol. The number of hydrogen-bond acceptors (Lipinski definition) is 6. The largest absolute Gasteiger partial charge is 0.463 e. The molecule has 1 atom stereocenters. The Kier molecular flexibility index (Phi) is 11.9. The van der Waals surface area contributed by atoms with E-state index in [0.29, 0.717) is 18.0 Å². The summed E-state index contributed by atoms with van der Waals surface area (Å²) in [4.78, 5) is 32.0. The van der Waals surface area contributed by atoms with Crippen molar-refractivity contribution >= 4 is 11.9 Å². The Labute approximate surface area is 197 Å². The van der Waals surface area contributed by atoms with Gasteiger partial charge in [0.15, 0.2) is 11.6 Å². The van der Waals surface area contributed by atoms with Gasteiger partial charge in [-0.05, 0) is 38.2 Å². The standard InChI is InChI=1S/C27H36N2O4/c1-4-6-7-8-9-10-11-12-26(31)33-24-19-28-27(29-20-24)23-17-15-22(16-18-23)14-13-21(3)32-25(30)5-2/h10-11,15-21H,4-9,12-14H2,1-3H3. The van der Waals surface area contributed by atoms with E-state index in [1.54, 1.807) is 6.92 Å². The fourth-order valence-corrected chi connectivity index (χ4v) is 3.23. The summed E-state index contributed by atoms with van der Waals surface area (Å²) in [6, 6.07) is 7.97. The number of allylic oxidation sites excluding steroid dienone is 1. The van der Waals surface area contributed by atoms with Gasteiger partial charge in [-0.1, -0.05) is 69.5 Å². The van der Waals surface area contributed by atoms with E-state index in [1.807, 2.05) is 43.3 Å². The molecule has 178 valence electrons. The van der Waals surface area contributed by atoms with Gasteiger partial charge in [0.25, 0.3) is 0 Å². The molecule has 0 spiro atoms. The quantitative estimate of drug-likeness (QED) is 0.192. The van der Waals surface area contributed by atoms with Crippen LogP contribution in [-0.4, -0.2) is 28.0 Å². The third-order valence-corrected chi connectivity index (χ3v) is 5.21. The fourth-order valence-electron chi connectivity index (χ4n) is 3.23. The Balaban J connectivity index is 1.78. The van der Waals surface area contributed by atoms with Crippen molar-refractivity contribution in [3.63, 3.8) is 0 Å². The molecule has 0 N–H and O–H groups in total. The summed E-state index contributed by atoms with van der Waals surface area (Å²) in [7, 11) is 0. The van der Waals surface area contributed by atoms with Crippen LogP contribution in [0, 0.1) is 0 Å². The van der Waals surface area contributed by atoms with Crippen LogP contribution in [-0.2, 0) is 20.7 Å². The van der Waals surface area contributed by atoms with E-state index in [1.165, 1.54) is 31.7 Å². The molecule has 33 heavy (non-hydrogen) atoms. The normalized spacial score (nSPS) is 12.0. The van der Waals surface area contributed by atoms with Crippen LogP contribution in [0.2, 0.25) is 0 Å². The third-order valence-electron chi connectivity index (χ3n) is 5.21. The van der Waals surface area contributed by atoms with Crippen LogP contribution < -0.4 is 4.74 Å². The number of hydrogen-bond donors (Lipinski definition) is 0. The molecule has 0 aliphatic rings. The third kappa shape index (κ3) is 10.4. The van der Waals surface area contributed by atoms with Crippen molar-refractivity contribution in [3.05, 3.63) is 54.4 Å². The molecule has 0 aliphatic heterocycles. The Bertz CT molecular complexity index is 876. The van der Waals surface area contributed by atoms with Gasteiger partial charge in [0.2, 0.25) is 0 Å². The van der Waals surface area contributed by atoms with Gasteiger partial charge in [0, 0.05) is 12.0 Å². The van der Waals surface area contributed by atoms with Gasteiger partial charge in [-0.15, -0.1) is 0 Å². The van der Waals surface area contributed by atoms with Crippen LogP contribution in [0.25, 0.3) is 11.4 Å². The lowest BCUT2D eigenvalue weighted by molar-refractivity contribution is -0.148. The van der Waals surface area contributed by atoms with Crippen molar-refractivity contribution in [2.75, 3.05) is 0 Å². The first kappa shape index (κ1) is 26.2. The predicted molar refractivity (Wildman–Crippen MR) is 130 cm³/mol. The van der Waals surface area contributed by atoms with Crippen LogP contribution in [0.15, 0.2) is 48.8 Å². The summed E-state index contributed by atoms with van der Waals surface area (Å²) in [5.74, 6) is 0.420. The highest BCUT2D eigenvalue weighted by Gasteiger charge is 2.09. The summed E-state index contributed by atoms with van der Waals surface area (Å²) in [5.41, 5.74) is 2.04. The van der Waals surface area contributed by atoms with Crippen LogP contribution in [0.5, 0.6) is 5.75 Å². The lowest BCUT2D eigenvalue weighted by atomic mass is 10.1. The number of carbonyl (C=O) groups excluding carboxylic acids is 2. The van der Waals surface area contributed by atoms with E-state index in [0.717, 1.165) is 36.8 Å². The minimum Gasteiger partial charge on any atom is -0.463 e. The predicted octanol–water partition coefficient (Wildman–Crippen LogP) is 6.24. The van der Waals surface area contributed by atoms with Crippen LogP contribution in [0.4, 0.5) is 0 Å². The Morgan fingerprint density at radius 2 is 1.70 bits per heavy atom. The summed E-state index contributed by atoms with van der Waals surface area (Å²) in [6.07, 6.45) is 14.9. The van der Waals surface area contributed by atoms with Gasteiger partial charge in [0.05, 0.1) is 24.9 Å². The molecule has 1 heterocycles. The lowest BCUT2D eigenvalue weighted by Gasteiger charge is -2.12. The minimum absolute atomic E-state index is 0.1000. The van der Waals surface area contributed by atoms with Crippen molar-refractivity contribution < 1.29 is 19.1 Å². The second-order valence-corrected chi connectivity index (χ2v) is 8.13. The van der Waals surface area contributed by atoms with Crippen molar-refractivity contribution in [1.82, 2.24) is 9.97 Å². The first-order chi connectivity index (χ1) is 16.0. The zero-order valence-electron chi connectivity index (χ0n) is 20.1. The molecule has 0 amide bonds. The SMILES string of the molecule is CCCCCCC=CCC(=O)Oc1cnc(-c2ccc(CCC(C)OC(=O)CC)cc2)nc1. The van der Waals surface area contributed by atoms with Crippen LogP contribution >= 0.6 is 0 Å². The summed E-state index contributed by atoms with van der Waals surface area (Å²) >= 11 is 0. The number of carbonyl (C=O) groups is 2. The number of unbranched alkanes of at least 4 members (excludes halogenated alkanes) is 4.